The highest BCUT2D eigenvalue weighted by atomic mass is 32.2. The van der Waals surface area contributed by atoms with Gasteiger partial charge in [-0.05, 0) is 36.5 Å². The number of amides is 4. The van der Waals surface area contributed by atoms with E-state index in [9.17, 15) is 39.0 Å². The Balaban J connectivity index is 2.15. The molecule has 1 aromatic carbocycles. The van der Waals surface area contributed by atoms with Gasteiger partial charge in [-0.3, -0.25) is 24.0 Å². The van der Waals surface area contributed by atoms with E-state index < -0.39 is 66.2 Å². The highest BCUT2D eigenvalue weighted by Crippen LogP contribution is 2.19. The molecule has 2 rings (SSSR count). The van der Waals surface area contributed by atoms with Gasteiger partial charge < -0.3 is 42.6 Å². The molecule has 0 spiro atoms. The number of H-pyrrole nitrogens is 1. The maximum absolute atomic E-state index is 13.0. The van der Waals surface area contributed by atoms with Crippen molar-refractivity contribution in [1.82, 2.24) is 20.9 Å². The van der Waals surface area contributed by atoms with Crippen molar-refractivity contribution >= 4 is 58.2 Å². The van der Waals surface area contributed by atoms with Crippen LogP contribution in [0.2, 0.25) is 0 Å². The smallest absolute Gasteiger partial charge is 0.326 e. The Labute approximate surface area is 234 Å². The second kappa shape index (κ2) is 15.5. The number of benzene rings is 1. The molecule has 0 aliphatic rings. The highest BCUT2D eigenvalue weighted by Gasteiger charge is 2.32. The molecule has 1 heterocycles. The summed E-state index contributed by atoms with van der Waals surface area (Å²) in [5.41, 5.74) is 12.2. The number of carbonyl (C=O) groups is 6. The van der Waals surface area contributed by atoms with E-state index >= 15 is 0 Å². The zero-order valence-corrected chi connectivity index (χ0v) is 22.7. The molecule has 4 unspecified atom stereocenters. The molecule has 0 bridgehead atoms. The van der Waals surface area contributed by atoms with Crippen LogP contribution < -0.4 is 27.4 Å². The number of hydrogen-bond acceptors (Lipinski definition) is 8. The van der Waals surface area contributed by atoms with Gasteiger partial charge in [0, 0.05) is 29.9 Å². The number of aromatic nitrogens is 1. The maximum Gasteiger partial charge on any atom is 0.326 e. The molecular formula is C25H34N6O8S. The molecule has 0 saturated heterocycles. The van der Waals surface area contributed by atoms with Crippen LogP contribution in [0.1, 0.15) is 31.2 Å². The fraction of sp³-hybridized carbons (Fsp3) is 0.440. The Kier molecular flexibility index (Phi) is 12.4. The third-order valence-electron chi connectivity index (χ3n) is 6.01. The number of thioether (sulfide) groups is 1. The van der Waals surface area contributed by atoms with Crippen molar-refractivity contribution in [1.29, 1.82) is 0 Å². The van der Waals surface area contributed by atoms with Crippen LogP contribution >= 0.6 is 11.8 Å². The normalized spacial score (nSPS) is 13.9. The minimum atomic E-state index is -1.63. The predicted octanol–water partition coefficient (Wildman–Crippen LogP) is -0.930. The largest absolute Gasteiger partial charge is 0.481 e. The van der Waals surface area contributed by atoms with Crippen LogP contribution in [0.3, 0.4) is 0 Å². The van der Waals surface area contributed by atoms with Gasteiger partial charge in [0.15, 0.2) is 0 Å². The summed E-state index contributed by atoms with van der Waals surface area (Å²) in [5.74, 6) is -5.59. The molecule has 0 aliphatic heterocycles. The summed E-state index contributed by atoms with van der Waals surface area (Å²) in [7, 11) is 0. The number of primary amides is 1. The van der Waals surface area contributed by atoms with Crippen LogP contribution in [0.15, 0.2) is 30.5 Å². The number of nitrogens with two attached hydrogens (primary N) is 2. The Morgan fingerprint density at radius 1 is 0.925 bits per heavy atom. The molecule has 1 aromatic heterocycles. The van der Waals surface area contributed by atoms with E-state index in [0.717, 1.165) is 10.9 Å². The number of rotatable bonds is 17. The van der Waals surface area contributed by atoms with Crippen molar-refractivity contribution in [2.45, 2.75) is 56.3 Å². The van der Waals surface area contributed by atoms with E-state index in [-0.39, 0.29) is 25.7 Å². The number of aromatic amines is 1. The summed E-state index contributed by atoms with van der Waals surface area (Å²) in [6, 6.07) is 1.83. The van der Waals surface area contributed by atoms with Crippen molar-refractivity contribution in [3.05, 3.63) is 36.0 Å². The number of nitrogens with one attached hydrogen (secondary N) is 4. The lowest BCUT2D eigenvalue weighted by Crippen LogP contribution is -2.57. The average Bonchev–Trinajstić information content (AvgIpc) is 3.30. The van der Waals surface area contributed by atoms with Crippen molar-refractivity contribution in [3.63, 3.8) is 0 Å². The molecule has 0 saturated carbocycles. The standard InChI is InChI=1S/C25H34N6O8S/c1-40-9-8-17(29-22(35)15(26)6-7-20(27)32)23(36)30-18(11-21(33)34)24(37)31-19(25(38)39)10-13-12-28-16-5-3-2-4-14(13)16/h2-5,12,15,17-19,28H,6-11,26H2,1H3,(H2,27,32)(H,29,35)(H,30,36)(H,31,37)(H,33,34)(H,38,39). The summed E-state index contributed by atoms with van der Waals surface area (Å²) in [4.78, 5) is 76.0. The predicted molar refractivity (Wildman–Crippen MR) is 147 cm³/mol. The average molecular weight is 579 g/mol. The van der Waals surface area contributed by atoms with Gasteiger partial charge in [-0.1, -0.05) is 18.2 Å². The van der Waals surface area contributed by atoms with Crippen LogP contribution in [-0.4, -0.2) is 86.9 Å². The fourth-order valence-corrected chi connectivity index (χ4v) is 4.33. The fourth-order valence-electron chi connectivity index (χ4n) is 3.86. The number of hydrogen-bond donors (Lipinski definition) is 8. The Morgan fingerprint density at radius 3 is 2.17 bits per heavy atom. The third-order valence-corrected chi connectivity index (χ3v) is 6.65. The molecule has 10 N–H and O–H groups in total. The Bertz CT molecular complexity index is 1230. The van der Waals surface area contributed by atoms with Crippen LogP contribution in [-0.2, 0) is 35.2 Å². The van der Waals surface area contributed by atoms with E-state index in [1.165, 1.54) is 11.8 Å². The summed E-state index contributed by atoms with van der Waals surface area (Å²) in [6.07, 6.45) is 2.40. The number of carbonyl (C=O) groups excluding carboxylic acids is 4. The van der Waals surface area contributed by atoms with Crippen LogP contribution in [0.25, 0.3) is 10.9 Å². The Hall–Kier alpha value is -4.11. The molecule has 0 radical (unpaired) electrons. The first-order chi connectivity index (χ1) is 18.9. The van der Waals surface area contributed by atoms with E-state index in [1.54, 1.807) is 24.6 Å². The second-order valence-electron chi connectivity index (χ2n) is 9.08. The van der Waals surface area contributed by atoms with E-state index in [4.69, 9.17) is 11.5 Å². The van der Waals surface area contributed by atoms with Crippen molar-refractivity contribution in [3.8, 4) is 0 Å². The van der Waals surface area contributed by atoms with Gasteiger partial charge in [-0.25, -0.2) is 4.79 Å². The van der Waals surface area contributed by atoms with Crippen LogP contribution in [0.5, 0.6) is 0 Å². The Morgan fingerprint density at radius 2 is 1.55 bits per heavy atom. The first-order valence-corrected chi connectivity index (χ1v) is 13.8. The number of para-hydroxylation sites is 1. The zero-order chi connectivity index (χ0) is 29.8. The molecule has 0 aliphatic carbocycles. The first-order valence-electron chi connectivity index (χ1n) is 12.4. The molecule has 4 amide bonds. The highest BCUT2D eigenvalue weighted by molar-refractivity contribution is 7.98. The zero-order valence-electron chi connectivity index (χ0n) is 21.8. The van der Waals surface area contributed by atoms with Crippen molar-refractivity contribution in [2.24, 2.45) is 11.5 Å². The SMILES string of the molecule is CSCCC(NC(=O)C(N)CCC(N)=O)C(=O)NC(CC(=O)O)C(=O)NC(Cc1c[nH]c2ccccc12)C(=O)O. The number of carboxylic acids is 2. The summed E-state index contributed by atoms with van der Waals surface area (Å²) >= 11 is 1.38. The van der Waals surface area contributed by atoms with E-state index in [2.05, 4.69) is 20.9 Å². The quantitative estimate of drug-likeness (QED) is 0.114. The van der Waals surface area contributed by atoms with Crippen LogP contribution in [0, 0.1) is 0 Å². The topological polar surface area (TPSA) is 247 Å². The van der Waals surface area contributed by atoms with Gasteiger partial charge in [-0.15, -0.1) is 0 Å². The number of aliphatic carboxylic acids is 2. The van der Waals surface area contributed by atoms with E-state index in [1.807, 2.05) is 12.1 Å². The molecule has 0 fully saturated rings. The molecule has 40 heavy (non-hydrogen) atoms. The molecule has 2 aromatic rings. The second-order valence-corrected chi connectivity index (χ2v) is 10.1. The lowest BCUT2D eigenvalue weighted by molar-refractivity contribution is -0.143. The summed E-state index contributed by atoms with van der Waals surface area (Å²) < 4.78 is 0. The van der Waals surface area contributed by atoms with Crippen LogP contribution in [0.4, 0.5) is 0 Å². The maximum atomic E-state index is 13.0. The number of fused-ring (bicyclic) bond motifs is 1. The van der Waals surface area contributed by atoms with Gasteiger partial charge >= 0.3 is 11.9 Å². The van der Waals surface area contributed by atoms with Crippen molar-refractivity contribution < 1.29 is 39.0 Å². The van der Waals surface area contributed by atoms with Gasteiger partial charge in [0.25, 0.3) is 0 Å². The summed E-state index contributed by atoms with van der Waals surface area (Å²) in [6.45, 7) is 0. The summed E-state index contributed by atoms with van der Waals surface area (Å²) in [5, 5.41) is 26.9. The monoisotopic (exact) mass is 578 g/mol. The molecule has 14 nitrogen and oxygen atoms in total. The lowest BCUT2D eigenvalue weighted by atomic mass is 10.0. The van der Waals surface area contributed by atoms with Crippen molar-refractivity contribution in [2.75, 3.05) is 12.0 Å². The first kappa shape index (κ1) is 32.1. The lowest BCUT2D eigenvalue weighted by Gasteiger charge is -2.24. The molecular weight excluding hydrogens is 544 g/mol. The van der Waals surface area contributed by atoms with Gasteiger partial charge in [-0.2, -0.15) is 11.8 Å². The van der Waals surface area contributed by atoms with Gasteiger partial charge in [0.2, 0.25) is 23.6 Å². The minimum Gasteiger partial charge on any atom is -0.481 e. The minimum absolute atomic E-state index is 0.0465. The van der Waals surface area contributed by atoms with Gasteiger partial charge in [0.1, 0.15) is 18.1 Å². The van der Waals surface area contributed by atoms with Gasteiger partial charge in [0.05, 0.1) is 12.5 Å². The molecule has 15 heteroatoms. The third kappa shape index (κ3) is 9.89. The molecule has 218 valence electrons. The van der Waals surface area contributed by atoms with E-state index in [0.29, 0.717) is 11.3 Å². The number of carboxylic acid groups (broad SMARTS) is 2. The molecule has 4 atom stereocenters.